The summed E-state index contributed by atoms with van der Waals surface area (Å²) in [6, 6.07) is 0. The zero-order chi connectivity index (χ0) is 12.6. The lowest BCUT2D eigenvalue weighted by atomic mass is 9.76. The van der Waals surface area contributed by atoms with Gasteiger partial charge in [-0.15, -0.1) is 11.3 Å². The van der Waals surface area contributed by atoms with Crippen molar-refractivity contribution in [1.29, 1.82) is 0 Å². The van der Waals surface area contributed by atoms with Crippen molar-refractivity contribution in [3.63, 3.8) is 0 Å². The van der Waals surface area contributed by atoms with E-state index in [0.29, 0.717) is 12.5 Å². The maximum absolute atomic E-state index is 11.7. The zero-order valence-electron chi connectivity index (χ0n) is 10.3. The molecule has 5 heteroatoms. The smallest absolute Gasteiger partial charge is 0.311 e. The highest BCUT2D eigenvalue weighted by Gasteiger charge is 2.46. The topological polar surface area (TPSA) is 53.4 Å². The fourth-order valence-corrected chi connectivity index (χ4v) is 3.64. The van der Waals surface area contributed by atoms with Crippen LogP contribution in [0.15, 0.2) is 11.6 Å². The Morgan fingerprint density at radius 3 is 3.06 bits per heavy atom. The molecule has 98 valence electrons. The van der Waals surface area contributed by atoms with Crippen LogP contribution >= 0.6 is 11.3 Å². The number of carbonyl (C=O) groups is 1. The molecule has 1 aliphatic heterocycles. The molecule has 1 N–H and O–H groups in total. The molecule has 4 nitrogen and oxygen atoms in total. The molecule has 1 saturated carbocycles. The van der Waals surface area contributed by atoms with Gasteiger partial charge in [0.25, 0.3) is 0 Å². The molecule has 1 aromatic rings. The van der Waals surface area contributed by atoms with Crippen LogP contribution in [-0.2, 0) is 4.79 Å². The Morgan fingerprint density at radius 1 is 1.61 bits per heavy atom. The molecule has 0 bridgehead atoms. The van der Waals surface area contributed by atoms with Crippen LogP contribution in [-0.4, -0.2) is 29.1 Å². The Hall–Kier alpha value is -1.10. The van der Waals surface area contributed by atoms with E-state index in [9.17, 15) is 9.90 Å². The quantitative estimate of drug-likeness (QED) is 0.910. The van der Waals surface area contributed by atoms with Gasteiger partial charge in [-0.25, -0.2) is 4.98 Å². The maximum atomic E-state index is 11.7. The maximum Gasteiger partial charge on any atom is 0.311 e. The van der Waals surface area contributed by atoms with Gasteiger partial charge in [0, 0.05) is 24.7 Å². The Bertz CT molecular complexity index is 430. The number of anilines is 1. The summed E-state index contributed by atoms with van der Waals surface area (Å²) in [5, 5.41) is 12.6. The zero-order valence-corrected chi connectivity index (χ0v) is 11.2. The van der Waals surface area contributed by atoms with E-state index in [4.69, 9.17) is 0 Å². The van der Waals surface area contributed by atoms with E-state index in [1.165, 1.54) is 12.8 Å². The first-order valence-electron chi connectivity index (χ1n) is 6.57. The van der Waals surface area contributed by atoms with Crippen LogP contribution in [0.2, 0.25) is 0 Å². The Morgan fingerprint density at radius 2 is 2.44 bits per heavy atom. The summed E-state index contributed by atoms with van der Waals surface area (Å²) in [6.07, 6.45) is 6.85. The average Bonchev–Trinajstić information content (AvgIpc) is 3.00. The second-order valence-electron chi connectivity index (χ2n) is 5.57. The number of hydrogen-bond donors (Lipinski definition) is 1. The molecule has 3 rings (SSSR count). The predicted molar refractivity (Wildman–Crippen MR) is 71.0 cm³/mol. The monoisotopic (exact) mass is 266 g/mol. The summed E-state index contributed by atoms with van der Waals surface area (Å²) >= 11 is 1.60. The number of hydrogen-bond acceptors (Lipinski definition) is 4. The summed E-state index contributed by atoms with van der Waals surface area (Å²) in [6.45, 7) is 1.57. The Balaban J connectivity index is 1.79. The van der Waals surface area contributed by atoms with Crippen LogP contribution in [0.25, 0.3) is 0 Å². The number of carboxylic acid groups (broad SMARTS) is 1. The third kappa shape index (κ3) is 2.23. The van der Waals surface area contributed by atoms with Gasteiger partial charge in [0.1, 0.15) is 0 Å². The third-order valence-corrected chi connectivity index (χ3v) is 4.93. The lowest BCUT2D eigenvalue weighted by Gasteiger charge is -2.40. The lowest BCUT2D eigenvalue weighted by molar-refractivity contribution is -0.150. The largest absolute Gasteiger partial charge is 0.481 e. The van der Waals surface area contributed by atoms with E-state index in [1.54, 1.807) is 17.5 Å². The van der Waals surface area contributed by atoms with Crippen molar-refractivity contribution in [1.82, 2.24) is 4.98 Å². The molecule has 0 aromatic carbocycles. The molecule has 2 heterocycles. The first-order valence-corrected chi connectivity index (χ1v) is 7.45. The molecule has 0 spiro atoms. The van der Waals surface area contributed by atoms with Crippen molar-refractivity contribution < 1.29 is 9.90 Å². The third-order valence-electron chi connectivity index (χ3n) is 4.10. The number of rotatable bonds is 4. The SMILES string of the molecule is O=C(O)[C@]1(CC2CC2)CCCN(c2nccs2)C1. The number of nitrogens with zero attached hydrogens (tertiary/aromatic N) is 2. The fraction of sp³-hybridized carbons (Fsp3) is 0.692. The van der Waals surface area contributed by atoms with Gasteiger partial charge in [-0.1, -0.05) is 12.8 Å². The summed E-state index contributed by atoms with van der Waals surface area (Å²) in [4.78, 5) is 18.2. The molecular weight excluding hydrogens is 248 g/mol. The number of aromatic nitrogens is 1. The number of thiazole rings is 1. The summed E-state index contributed by atoms with van der Waals surface area (Å²) in [7, 11) is 0. The van der Waals surface area contributed by atoms with Crippen molar-refractivity contribution in [2.24, 2.45) is 11.3 Å². The minimum absolute atomic E-state index is 0.537. The van der Waals surface area contributed by atoms with E-state index < -0.39 is 11.4 Å². The van der Waals surface area contributed by atoms with Gasteiger partial charge in [-0.3, -0.25) is 4.79 Å². The van der Waals surface area contributed by atoms with Crippen molar-refractivity contribution >= 4 is 22.4 Å². The van der Waals surface area contributed by atoms with E-state index in [-0.39, 0.29) is 0 Å². The van der Waals surface area contributed by atoms with Gasteiger partial charge >= 0.3 is 5.97 Å². The molecule has 1 atom stereocenters. The van der Waals surface area contributed by atoms with Crippen LogP contribution in [0.4, 0.5) is 5.13 Å². The molecule has 18 heavy (non-hydrogen) atoms. The van der Waals surface area contributed by atoms with Gasteiger partial charge in [0.2, 0.25) is 0 Å². The van der Waals surface area contributed by atoms with Gasteiger partial charge < -0.3 is 10.0 Å². The van der Waals surface area contributed by atoms with E-state index in [0.717, 1.165) is 30.9 Å². The molecule has 0 radical (unpaired) electrons. The number of aliphatic carboxylic acids is 1. The number of piperidine rings is 1. The first kappa shape index (κ1) is 12.0. The van der Waals surface area contributed by atoms with Crippen molar-refractivity contribution in [3.8, 4) is 0 Å². The van der Waals surface area contributed by atoms with E-state index in [1.807, 2.05) is 5.38 Å². The Kier molecular flexibility index (Phi) is 3.01. The molecule has 1 aliphatic carbocycles. The summed E-state index contributed by atoms with van der Waals surface area (Å²) in [5.74, 6) is 0.0352. The van der Waals surface area contributed by atoms with E-state index >= 15 is 0 Å². The fourth-order valence-electron chi connectivity index (χ4n) is 2.97. The van der Waals surface area contributed by atoms with Gasteiger partial charge in [0.05, 0.1) is 5.41 Å². The van der Waals surface area contributed by atoms with E-state index in [2.05, 4.69) is 9.88 Å². The summed E-state index contributed by atoms with van der Waals surface area (Å²) in [5.41, 5.74) is -0.537. The average molecular weight is 266 g/mol. The van der Waals surface area contributed by atoms with Crippen molar-refractivity contribution in [2.75, 3.05) is 18.0 Å². The van der Waals surface area contributed by atoms with Crippen molar-refractivity contribution in [3.05, 3.63) is 11.6 Å². The summed E-state index contributed by atoms with van der Waals surface area (Å²) < 4.78 is 0. The molecule has 1 aromatic heterocycles. The second kappa shape index (κ2) is 4.53. The molecule has 2 fully saturated rings. The Labute approximate surface area is 111 Å². The van der Waals surface area contributed by atoms with Crippen LogP contribution in [0.1, 0.15) is 32.1 Å². The standard InChI is InChI=1S/C13H18N2O2S/c16-11(17)13(8-10-2-3-10)4-1-6-15(9-13)12-14-5-7-18-12/h5,7,10H,1-4,6,8-9H2,(H,16,17)/t13-/m0/s1. The normalized spacial score (nSPS) is 28.3. The van der Waals surface area contributed by atoms with Gasteiger partial charge in [0.15, 0.2) is 5.13 Å². The minimum Gasteiger partial charge on any atom is -0.481 e. The van der Waals surface area contributed by atoms with Gasteiger partial charge in [-0.05, 0) is 25.2 Å². The highest BCUT2D eigenvalue weighted by atomic mass is 32.1. The number of carboxylic acids is 1. The highest BCUT2D eigenvalue weighted by Crippen LogP contribution is 2.45. The molecule has 0 unspecified atom stereocenters. The van der Waals surface area contributed by atoms with Crippen LogP contribution in [0, 0.1) is 11.3 Å². The predicted octanol–water partition coefficient (Wildman–Crippen LogP) is 2.61. The minimum atomic E-state index is -0.615. The van der Waals surface area contributed by atoms with Crippen LogP contribution in [0.3, 0.4) is 0 Å². The first-order chi connectivity index (χ1) is 8.70. The van der Waals surface area contributed by atoms with Crippen LogP contribution in [0.5, 0.6) is 0 Å². The molecule has 2 aliphatic rings. The second-order valence-corrected chi connectivity index (χ2v) is 6.45. The molecular formula is C13H18N2O2S. The van der Waals surface area contributed by atoms with Crippen LogP contribution < -0.4 is 4.90 Å². The van der Waals surface area contributed by atoms with Crippen molar-refractivity contribution in [2.45, 2.75) is 32.1 Å². The highest BCUT2D eigenvalue weighted by molar-refractivity contribution is 7.13. The molecule has 0 amide bonds. The lowest BCUT2D eigenvalue weighted by Crippen LogP contribution is -2.48. The molecule has 1 saturated heterocycles. The van der Waals surface area contributed by atoms with Gasteiger partial charge in [-0.2, -0.15) is 0 Å².